The van der Waals surface area contributed by atoms with Gasteiger partial charge in [-0.1, -0.05) is 37.3 Å². The lowest BCUT2D eigenvalue weighted by Gasteiger charge is -2.14. The van der Waals surface area contributed by atoms with E-state index in [9.17, 15) is 0 Å². The molecule has 0 fully saturated rings. The standard InChI is InChI=1S/C17H22N2/c1-4-14-8-10-15(11-9-14)13-18-16-6-5-7-17(12-16)19(2)3/h5-12,18H,4,13H2,1-3H3. The van der Waals surface area contributed by atoms with Crippen molar-refractivity contribution in [1.82, 2.24) is 0 Å². The third-order valence-electron chi connectivity index (χ3n) is 3.29. The zero-order valence-electron chi connectivity index (χ0n) is 12.0. The van der Waals surface area contributed by atoms with E-state index in [2.05, 4.69) is 79.8 Å². The normalized spacial score (nSPS) is 10.3. The molecule has 0 saturated heterocycles. The number of rotatable bonds is 5. The Balaban J connectivity index is 1.99. The minimum absolute atomic E-state index is 0.862. The van der Waals surface area contributed by atoms with Crippen molar-refractivity contribution in [2.45, 2.75) is 19.9 Å². The minimum Gasteiger partial charge on any atom is -0.381 e. The van der Waals surface area contributed by atoms with Gasteiger partial charge in [-0.2, -0.15) is 0 Å². The zero-order valence-corrected chi connectivity index (χ0v) is 12.0. The third-order valence-corrected chi connectivity index (χ3v) is 3.29. The molecule has 0 saturated carbocycles. The second-order valence-electron chi connectivity index (χ2n) is 4.97. The van der Waals surface area contributed by atoms with Crippen LogP contribution in [0.4, 0.5) is 11.4 Å². The Morgan fingerprint density at radius 2 is 1.63 bits per heavy atom. The monoisotopic (exact) mass is 254 g/mol. The van der Waals surface area contributed by atoms with Gasteiger partial charge in [0.1, 0.15) is 0 Å². The van der Waals surface area contributed by atoms with Crippen LogP contribution < -0.4 is 10.2 Å². The van der Waals surface area contributed by atoms with Gasteiger partial charge in [-0.25, -0.2) is 0 Å². The molecular formula is C17H22N2. The molecule has 0 unspecified atom stereocenters. The van der Waals surface area contributed by atoms with Gasteiger partial charge in [0, 0.05) is 32.0 Å². The molecular weight excluding hydrogens is 232 g/mol. The maximum Gasteiger partial charge on any atom is 0.0400 e. The van der Waals surface area contributed by atoms with Crippen LogP contribution in [-0.2, 0) is 13.0 Å². The lowest BCUT2D eigenvalue weighted by Crippen LogP contribution is -2.09. The number of hydrogen-bond acceptors (Lipinski definition) is 2. The van der Waals surface area contributed by atoms with Crippen LogP contribution in [0.3, 0.4) is 0 Å². The molecule has 2 aromatic carbocycles. The van der Waals surface area contributed by atoms with Crippen LogP contribution in [0.1, 0.15) is 18.1 Å². The second-order valence-corrected chi connectivity index (χ2v) is 4.97. The quantitative estimate of drug-likeness (QED) is 0.869. The molecule has 0 atom stereocenters. The topological polar surface area (TPSA) is 15.3 Å². The molecule has 1 N–H and O–H groups in total. The molecule has 0 heterocycles. The van der Waals surface area contributed by atoms with E-state index in [0.717, 1.165) is 18.7 Å². The molecule has 0 bridgehead atoms. The lowest BCUT2D eigenvalue weighted by atomic mass is 10.1. The average Bonchev–Trinajstić information content (AvgIpc) is 2.46. The van der Waals surface area contributed by atoms with E-state index in [0.29, 0.717) is 0 Å². The van der Waals surface area contributed by atoms with Gasteiger partial charge < -0.3 is 10.2 Å². The first-order chi connectivity index (χ1) is 9.19. The van der Waals surface area contributed by atoms with Crippen LogP contribution in [0.25, 0.3) is 0 Å². The highest BCUT2D eigenvalue weighted by Crippen LogP contribution is 2.18. The first-order valence-electron chi connectivity index (χ1n) is 6.78. The largest absolute Gasteiger partial charge is 0.381 e. The Morgan fingerprint density at radius 3 is 2.26 bits per heavy atom. The number of benzene rings is 2. The van der Waals surface area contributed by atoms with Crippen LogP contribution in [-0.4, -0.2) is 14.1 Å². The molecule has 19 heavy (non-hydrogen) atoms. The maximum absolute atomic E-state index is 3.47. The van der Waals surface area contributed by atoms with Crippen LogP contribution in [0.15, 0.2) is 48.5 Å². The molecule has 0 aliphatic carbocycles. The van der Waals surface area contributed by atoms with Crippen molar-refractivity contribution in [2.75, 3.05) is 24.3 Å². The molecule has 2 aromatic rings. The van der Waals surface area contributed by atoms with Gasteiger partial charge in [0.05, 0.1) is 0 Å². The van der Waals surface area contributed by atoms with E-state index in [1.807, 2.05) is 0 Å². The smallest absolute Gasteiger partial charge is 0.0400 e. The van der Waals surface area contributed by atoms with Crippen LogP contribution >= 0.6 is 0 Å². The molecule has 100 valence electrons. The highest BCUT2D eigenvalue weighted by atomic mass is 15.1. The number of hydrogen-bond donors (Lipinski definition) is 1. The fourth-order valence-electron chi connectivity index (χ4n) is 1.99. The second kappa shape index (κ2) is 6.28. The molecule has 0 aliphatic heterocycles. The van der Waals surface area contributed by atoms with Gasteiger partial charge >= 0.3 is 0 Å². The summed E-state index contributed by atoms with van der Waals surface area (Å²) in [6, 6.07) is 17.3. The summed E-state index contributed by atoms with van der Waals surface area (Å²) in [6.45, 7) is 3.04. The Morgan fingerprint density at radius 1 is 0.947 bits per heavy atom. The van der Waals surface area contributed by atoms with E-state index < -0.39 is 0 Å². The SMILES string of the molecule is CCc1ccc(CNc2cccc(N(C)C)c2)cc1. The van der Waals surface area contributed by atoms with Crippen LogP contribution in [0, 0.1) is 0 Å². The summed E-state index contributed by atoms with van der Waals surface area (Å²) in [4.78, 5) is 2.11. The summed E-state index contributed by atoms with van der Waals surface area (Å²) in [5, 5.41) is 3.47. The predicted octanol–water partition coefficient (Wildman–Crippen LogP) is 3.93. The molecule has 0 amide bonds. The fraction of sp³-hybridized carbons (Fsp3) is 0.294. The van der Waals surface area contributed by atoms with Gasteiger partial charge in [0.25, 0.3) is 0 Å². The molecule has 0 spiro atoms. The van der Waals surface area contributed by atoms with E-state index in [1.54, 1.807) is 0 Å². The zero-order chi connectivity index (χ0) is 13.7. The fourth-order valence-corrected chi connectivity index (χ4v) is 1.99. The van der Waals surface area contributed by atoms with E-state index in [-0.39, 0.29) is 0 Å². The number of aryl methyl sites for hydroxylation is 1. The van der Waals surface area contributed by atoms with Gasteiger partial charge in [-0.15, -0.1) is 0 Å². The third kappa shape index (κ3) is 3.75. The molecule has 0 aromatic heterocycles. The summed E-state index contributed by atoms with van der Waals surface area (Å²) >= 11 is 0. The Labute approximate surface area is 116 Å². The highest BCUT2D eigenvalue weighted by molar-refractivity contribution is 5.57. The molecule has 2 rings (SSSR count). The van der Waals surface area contributed by atoms with Crippen molar-refractivity contribution in [3.63, 3.8) is 0 Å². The van der Waals surface area contributed by atoms with Gasteiger partial charge in [0.2, 0.25) is 0 Å². The van der Waals surface area contributed by atoms with E-state index in [4.69, 9.17) is 0 Å². The van der Waals surface area contributed by atoms with Crippen molar-refractivity contribution in [2.24, 2.45) is 0 Å². The Bertz CT molecular complexity index is 515. The van der Waals surface area contributed by atoms with Crippen molar-refractivity contribution >= 4 is 11.4 Å². The van der Waals surface area contributed by atoms with E-state index in [1.165, 1.54) is 16.8 Å². The van der Waals surface area contributed by atoms with Crippen LogP contribution in [0.2, 0.25) is 0 Å². The number of nitrogens with zero attached hydrogens (tertiary/aromatic N) is 1. The number of nitrogens with one attached hydrogen (secondary N) is 1. The van der Waals surface area contributed by atoms with Crippen molar-refractivity contribution in [3.8, 4) is 0 Å². The summed E-state index contributed by atoms with van der Waals surface area (Å²) in [6.07, 6.45) is 1.10. The summed E-state index contributed by atoms with van der Waals surface area (Å²) < 4.78 is 0. The van der Waals surface area contributed by atoms with Crippen molar-refractivity contribution in [1.29, 1.82) is 0 Å². The van der Waals surface area contributed by atoms with Gasteiger partial charge in [-0.05, 0) is 35.7 Å². The summed E-state index contributed by atoms with van der Waals surface area (Å²) in [5.41, 5.74) is 5.07. The highest BCUT2D eigenvalue weighted by Gasteiger charge is 1.98. The van der Waals surface area contributed by atoms with Gasteiger partial charge in [0.15, 0.2) is 0 Å². The summed E-state index contributed by atoms with van der Waals surface area (Å²) in [5.74, 6) is 0. The maximum atomic E-state index is 3.47. The molecule has 2 nitrogen and oxygen atoms in total. The molecule has 2 heteroatoms. The Hall–Kier alpha value is -1.96. The van der Waals surface area contributed by atoms with Gasteiger partial charge in [-0.3, -0.25) is 0 Å². The predicted molar refractivity (Wildman–Crippen MR) is 83.9 cm³/mol. The first-order valence-corrected chi connectivity index (χ1v) is 6.78. The van der Waals surface area contributed by atoms with Crippen LogP contribution in [0.5, 0.6) is 0 Å². The summed E-state index contributed by atoms with van der Waals surface area (Å²) in [7, 11) is 4.12. The minimum atomic E-state index is 0.862. The first kappa shape index (κ1) is 13.5. The van der Waals surface area contributed by atoms with E-state index >= 15 is 0 Å². The lowest BCUT2D eigenvalue weighted by molar-refractivity contribution is 1.10. The van der Waals surface area contributed by atoms with Crippen molar-refractivity contribution in [3.05, 3.63) is 59.7 Å². The van der Waals surface area contributed by atoms with Crippen molar-refractivity contribution < 1.29 is 0 Å². The average molecular weight is 254 g/mol. The molecule has 0 aliphatic rings. The molecule has 0 radical (unpaired) electrons. The number of anilines is 2. The Kier molecular flexibility index (Phi) is 4.45.